The minimum atomic E-state index is -0.862. The van der Waals surface area contributed by atoms with E-state index in [0.29, 0.717) is 31.2 Å². The van der Waals surface area contributed by atoms with Crippen LogP contribution in [-0.2, 0) is 11.8 Å². The Morgan fingerprint density at radius 3 is 2.45 bits per heavy atom. The molecule has 3 heterocycles. The van der Waals surface area contributed by atoms with Gasteiger partial charge in [0.25, 0.3) is 0 Å². The van der Waals surface area contributed by atoms with E-state index in [1.54, 1.807) is 23.6 Å². The number of carbonyl (C=O) groups excluding carboxylic acids is 1. The summed E-state index contributed by atoms with van der Waals surface area (Å²) in [6.45, 7) is 10.7. The number of anilines is 1. The van der Waals surface area contributed by atoms with Crippen molar-refractivity contribution in [2.24, 2.45) is 4.99 Å². The Labute approximate surface area is 190 Å². The maximum absolute atomic E-state index is 13.4. The molecule has 0 radical (unpaired) electrons. The Morgan fingerprint density at radius 2 is 1.84 bits per heavy atom. The van der Waals surface area contributed by atoms with Crippen LogP contribution in [0.2, 0.25) is 0 Å². The summed E-state index contributed by atoms with van der Waals surface area (Å²) in [5.74, 6) is 2.12. The molecule has 0 saturated heterocycles. The van der Waals surface area contributed by atoms with Crippen molar-refractivity contribution in [3.63, 3.8) is 0 Å². The van der Waals surface area contributed by atoms with Crippen LogP contribution in [0.15, 0.2) is 35.3 Å². The molecule has 2 aliphatic rings. The predicted molar refractivity (Wildman–Crippen MR) is 125 cm³/mol. The van der Waals surface area contributed by atoms with Crippen molar-refractivity contribution >= 4 is 30.1 Å². The molecule has 0 saturated carbocycles. The van der Waals surface area contributed by atoms with Gasteiger partial charge in [0.2, 0.25) is 0 Å². The number of aliphatic imine (C=N–C) groups is 1. The lowest BCUT2D eigenvalue weighted by atomic mass is 9.96. The first-order valence-electron chi connectivity index (χ1n) is 10.6. The number of fused-ring (bicyclic) bond motifs is 3. The van der Waals surface area contributed by atoms with Gasteiger partial charge in [0.15, 0.2) is 11.7 Å². The standard InChI is InChI=1S/C23H31N5O2.ClH/c1-22(2,3)20-25-17-18-24-16(13-15-9-7-6-8-10-15)14-28(18)21(29)27(19(17)26-20)12-11-23(4,5)30;/h6-10,16,30H,11-14H2,1-5H3,(H,25,26);1H/t16-;/m1./s1. The zero-order valence-electron chi connectivity index (χ0n) is 18.8. The molecule has 1 aromatic heterocycles. The molecule has 0 spiro atoms. The lowest BCUT2D eigenvalue weighted by Crippen LogP contribution is -2.51. The van der Waals surface area contributed by atoms with E-state index in [0.717, 1.165) is 17.9 Å². The van der Waals surface area contributed by atoms with Crippen LogP contribution in [0.1, 0.15) is 58.1 Å². The molecule has 168 valence electrons. The van der Waals surface area contributed by atoms with Gasteiger partial charge >= 0.3 is 6.03 Å². The monoisotopic (exact) mass is 445 g/mol. The number of nitrogens with one attached hydrogen (secondary N) is 1. The van der Waals surface area contributed by atoms with Crippen LogP contribution < -0.4 is 4.90 Å². The number of amidine groups is 1. The number of hydrogen-bond acceptors (Lipinski definition) is 4. The van der Waals surface area contributed by atoms with E-state index >= 15 is 0 Å². The molecule has 0 unspecified atom stereocenters. The van der Waals surface area contributed by atoms with Crippen molar-refractivity contribution in [1.29, 1.82) is 0 Å². The molecule has 1 aromatic carbocycles. The highest BCUT2D eigenvalue weighted by Crippen LogP contribution is 2.34. The molecule has 0 fully saturated rings. The van der Waals surface area contributed by atoms with E-state index in [1.165, 1.54) is 5.56 Å². The maximum atomic E-state index is 13.4. The minimum absolute atomic E-state index is 0. The van der Waals surface area contributed by atoms with Crippen LogP contribution in [-0.4, -0.2) is 56.6 Å². The summed E-state index contributed by atoms with van der Waals surface area (Å²) in [7, 11) is 0. The number of H-pyrrole nitrogens is 1. The molecule has 31 heavy (non-hydrogen) atoms. The van der Waals surface area contributed by atoms with Gasteiger partial charge < -0.3 is 10.1 Å². The van der Waals surface area contributed by atoms with Crippen LogP contribution in [0.4, 0.5) is 10.6 Å². The van der Waals surface area contributed by atoms with Crippen LogP contribution >= 0.6 is 12.4 Å². The first-order valence-corrected chi connectivity index (χ1v) is 10.6. The molecule has 2 aliphatic heterocycles. The normalized spacial score (nSPS) is 18.5. The van der Waals surface area contributed by atoms with E-state index in [-0.39, 0.29) is 29.9 Å². The first-order chi connectivity index (χ1) is 14.0. The summed E-state index contributed by atoms with van der Waals surface area (Å²) in [4.78, 5) is 29.9. The van der Waals surface area contributed by atoms with Gasteiger partial charge in [-0.1, -0.05) is 51.1 Å². The summed E-state index contributed by atoms with van der Waals surface area (Å²) in [5.41, 5.74) is 0.957. The largest absolute Gasteiger partial charge is 0.390 e. The van der Waals surface area contributed by atoms with Crippen LogP contribution in [0, 0.1) is 0 Å². The molecule has 2 aromatic rings. The highest BCUT2D eigenvalue weighted by atomic mass is 35.5. The lowest BCUT2D eigenvalue weighted by Gasteiger charge is -2.33. The van der Waals surface area contributed by atoms with Crippen molar-refractivity contribution in [3.05, 3.63) is 47.4 Å². The zero-order valence-corrected chi connectivity index (χ0v) is 19.7. The number of amides is 2. The van der Waals surface area contributed by atoms with Crippen molar-refractivity contribution in [2.45, 2.75) is 64.5 Å². The number of aliphatic hydroxyl groups is 1. The Morgan fingerprint density at radius 1 is 1.16 bits per heavy atom. The SMILES string of the molecule is CC(C)(O)CCN1C(=O)N2C[C@@H](Cc3ccccc3)N=C2c2[nH]c(C(C)(C)C)nc21.Cl. The van der Waals surface area contributed by atoms with E-state index in [4.69, 9.17) is 9.98 Å². The number of benzene rings is 1. The smallest absolute Gasteiger partial charge is 0.331 e. The fourth-order valence-electron chi connectivity index (χ4n) is 3.84. The third kappa shape index (κ3) is 4.77. The third-order valence-electron chi connectivity index (χ3n) is 5.55. The van der Waals surface area contributed by atoms with E-state index < -0.39 is 5.60 Å². The Bertz CT molecular complexity index is 972. The van der Waals surface area contributed by atoms with Crippen LogP contribution in [0.5, 0.6) is 0 Å². The molecule has 4 rings (SSSR count). The average Bonchev–Trinajstić information content (AvgIpc) is 3.26. The summed E-state index contributed by atoms with van der Waals surface area (Å²) in [6.07, 6.45) is 1.25. The van der Waals surface area contributed by atoms with Gasteiger partial charge in [-0.2, -0.15) is 0 Å². The molecule has 7 nitrogen and oxygen atoms in total. The Balaban J connectivity index is 0.00000272. The fraction of sp³-hybridized carbons (Fsp3) is 0.522. The molecule has 2 amide bonds. The number of imidazole rings is 1. The topological polar surface area (TPSA) is 84.8 Å². The molecule has 0 aliphatic carbocycles. The van der Waals surface area contributed by atoms with Crippen molar-refractivity contribution in [3.8, 4) is 0 Å². The second-order valence-electron chi connectivity index (χ2n) is 9.94. The average molecular weight is 446 g/mol. The molecule has 8 heteroatoms. The summed E-state index contributed by atoms with van der Waals surface area (Å²) >= 11 is 0. The third-order valence-corrected chi connectivity index (χ3v) is 5.55. The van der Waals surface area contributed by atoms with E-state index in [1.807, 2.05) is 18.2 Å². The number of aromatic amines is 1. The number of urea groups is 1. The second kappa shape index (κ2) is 8.28. The molecule has 2 N–H and O–H groups in total. The molecule has 0 bridgehead atoms. The van der Waals surface area contributed by atoms with Gasteiger partial charge in [0.05, 0.1) is 18.2 Å². The number of hydrogen-bond donors (Lipinski definition) is 2. The zero-order chi connectivity index (χ0) is 21.7. The Kier molecular flexibility index (Phi) is 6.22. The van der Waals surface area contributed by atoms with Crippen LogP contribution in [0.25, 0.3) is 0 Å². The van der Waals surface area contributed by atoms with Gasteiger partial charge in [0, 0.05) is 12.0 Å². The van der Waals surface area contributed by atoms with E-state index in [2.05, 4.69) is 37.9 Å². The highest BCUT2D eigenvalue weighted by Gasteiger charge is 2.43. The molecular weight excluding hydrogens is 414 g/mol. The van der Waals surface area contributed by atoms with E-state index in [9.17, 15) is 9.90 Å². The van der Waals surface area contributed by atoms with Gasteiger partial charge in [-0.3, -0.25) is 14.8 Å². The summed E-state index contributed by atoms with van der Waals surface area (Å²) < 4.78 is 0. The predicted octanol–water partition coefficient (Wildman–Crippen LogP) is 3.90. The quantitative estimate of drug-likeness (QED) is 0.731. The van der Waals surface area contributed by atoms with Gasteiger partial charge in [-0.15, -0.1) is 12.4 Å². The fourth-order valence-corrected chi connectivity index (χ4v) is 3.84. The van der Waals surface area contributed by atoms with Gasteiger partial charge in [-0.25, -0.2) is 9.78 Å². The number of aromatic nitrogens is 2. The minimum Gasteiger partial charge on any atom is -0.390 e. The van der Waals surface area contributed by atoms with Crippen LogP contribution in [0.3, 0.4) is 0 Å². The summed E-state index contributed by atoms with van der Waals surface area (Å²) in [5, 5.41) is 10.2. The van der Waals surface area contributed by atoms with Gasteiger partial charge in [-0.05, 0) is 32.3 Å². The van der Waals surface area contributed by atoms with Crippen molar-refractivity contribution in [1.82, 2.24) is 14.9 Å². The van der Waals surface area contributed by atoms with Crippen molar-refractivity contribution < 1.29 is 9.90 Å². The molecule has 1 atom stereocenters. The second-order valence-corrected chi connectivity index (χ2v) is 9.94. The van der Waals surface area contributed by atoms with Crippen molar-refractivity contribution in [2.75, 3.05) is 18.0 Å². The first kappa shape index (κ1) is 23.3. The lowest BCUT2D eigenvalue weighted by molar-refractivity contribution is 0.0733. The number of halogens is 1. The number of nitrogens with zero attached hydrogens (tertiary/aromatic N) is 4. The Hall–Kier alpha value is -2.38. The highest BCUT2D eigenvalue weighted by molar-refractivity contribution is 6.18. The summed E-state index contributed by atoms with van der Waals surface area (Å²) in [6, 6.07) is 10.1. The van der Waals surface area contributed by atoms with Gasteiger partial charge in [0.1, 0.15) is 11.5 Å². The molecular formula is C23H32ClN5O2. The maximum Gasteiger partial charge on any atom is 0.331 e. The number of carbonyl (C=O) groups is 1. The number of rotatable bonds is 5.